The number of nitrogens with one attached hydrogen (secondary N) is 1. The van der Waals surface area contributed by atoms with E-state index >= 15 is 0 Å². The zero-order valence-corrected chi connectivity index (χ0v) is 13.2. The number of nitrogens with zero attached hydrogens (tertiary/aromatic N) is 3. The van der Waals surface area contributed by atoms with E-state index in [0.717, 1.165) is 12.8 Å². The van der Waals surface area contributed by atoms with Crippen molar-refractivity contribution in [1.29, 1.82) is 0 Å². The van der Waals surface area contributed by atoms with Gasteiger partial charge in [0, 0.05) is 18.1 Å². The summed E-state index contributed by atoms with van der Waals surface area (Å²) in [5, 5.41) is 7.11. The fourth-order valence-electron chi connectivity index (χ4n) is 2.42. The number of thioether (sulfide) groups is 1. The minimum Gasteiger partial charge on any atom is -0.337 e. The van der Waals surface area contributed by atoms with Crippen molar-refractivity contribution in [3.8, 4) is 0 Å². The highest BCUT2D eigenvalue weighted by Gasteiger charge is 2.29. The number of carbonyl (C=O) groups excluding carboxylic acids is 1. The molecule has 0 spiro atoms. The summed E-state index contributed by atoms with van der Waals surface area (Å²) in [7, 11) is 0. The lowest BCUT2D eigenvalue weighted by Gasteiger charge is -2.30. The van der Waals surface area contributed by atoms with Crippen molar-refractivity contribution < 1.29 is 4.79 Å². The van der Waals surface area contributed by atoms with Crippen molar-refractivity contribution in [2.24, 2.45) is 0 Å². The highest BCUT2D eigenvalue weighted by molar-refractivity contribution is 7.99. The average molecular weight is 298 g/mol. The van der Waals surface area contributed by atoms with E-state index in [1.807, 2.05) is 32.6 Å². The fraction of sp³-hybridized carbons (Fsp3) is 0.769. The fourth-order valence-corrected chi connectivity index (χ4v) is 3.30. The van der Waals surface area contributed by atoms with Gasteiger partial charge in [0.1, 0.15) is 0 Å². The van der Waals surface area contributed by atoms with E-state index in [9.17, 15) is 9.59 Å². The summed E-state index contributed by atoms with van der Waals surface area (Å²) in [6, 6.07) is 0.617. The van der Waals surface area contributed by atoms with Gasteiger partial charge in [0.15, 0.2) is 5.16 Å². The molecular formula is C13H22N4O2S. The maximum Gasteiger partial charge on any atom is 0.344 e. The average Bonchev–Trinajstić information content (AvgIpc) is 3.10. The lowest BCUT2D eigenvalue weighted by molar-refractivity contribution is -0.131. The van der Waals surface area contributed by atoms with Crippen LogP contribution in [-0.2, 0) is 4.79 Å². The van der Waals surface area contributed by atoms with Gasteiger partial charge in [0.25, 0.3) is 0 Å². The molecule has 0 atom stereocenters. The van der Waals surface area contributed by atoms with Gasteiger partial charge in [-0.3, -0.25) is 9.36 Å². The first-order valence-corrected chi connectivity index (χ1v) is 8.01. The van der Waals surface area contributed by atoms with Crippen molar-refractivity contribution in [1.82, 2.24) is 19.7 Å². The third kappa shape index (κ3) is 3.26. The zero-order valence-electron chi connectivity index (χ0n) is 12.4. The first kappa shape index (κ1) is 15.2. The molecular weight excluding hydrogens is 276 g/mol. The number of hydrogen-bond donors (Lipinski definition) is 1. The lowest BCUT2D eigenvalue weighted by atomic mass is 10.2. The van der Waals surface area contributed by atoms with Gasteiger partial charge in [-0.2, -0.15) is 0 Å². The highest BCUT2D eigenvalue weighted by atomic mass is 32.2. The van der Waals surface area contributed by atoms with Crippen LogP contribution < -0.4 is 5.69 Å². The number of carbonyl (C=O) groups is 1. The topological polar surface area (TPSA) is 71.0 Å². The van der Waals surface area contributed by atoms with Gasteiger partial charge in [-0.15, -0.1) is 5.10 Å². The van der Waals surface area contributed by atoms with E-state index in [2.05, 4.69) is 10.2 Å². The van der Waals surface area contributed by atoms with Crippen LogP contribution in [0.15, 0.2) is 9.95 Å². The number of hydrogen-bond acceptors (Lipinski definition) is 4. The Hall–Kier alpha value is -1.24. The summed E-state index contributed by atoms with van der Waals surface area (Å²) >= 11 is 1.34. The summed E-state index contributed by atoms with van der Waals surface area (Å²) in [6.45, 7) is 8.04. The third-order valence-electron chi connectivity index (χ3n) is 3.31. The summed E-state index contributed by atoms with van der Waals surface area (Å²) in [5.74, 6) is 0.394. The predicted molar refractivity (Wildman–Crippen MR) is 79.0 cm³/mol. The van der Waals surface area contributed by atoms with Gasteiger partial charge in [0.2, 0.25) is 5.91 Å². The normalized spacial score (nSPS) is 15.1. The van der Waals surface area contributed by atoms with Gasteiger partial charge >= 0.3 is 5.69 Å². The monoisotopic (exact) mass is 298 g/mol. The Morgan fingerprint density at radius 2 is 2.00 bits per heavy atom. The molecule has 1 amide bonds. The number of H-pyrrole nitrogens is 1. The first-order chi connectivity index (χ1) is 9.41. The Balaban J connectivity index is 2.01. The van der Waals surface area contributed by atoms with Crippen LogP contribution in [-0.4, -0.2) is 43.4 Å². The molecule has 0 unspecified atom stereocenters. The highest BCUT2D eigenvalue weighted by Crippen LogP contribution is 2.36. The van der Waals surface area contributed by atoms with E-state index in [-0.39, 0.29) is 29.7 Å². The van der Waals surface area contributed by atoms with Crippen LogP contribution in [0.1, 0.15) is 46.6 Å². The number of amides is 1. The van der Waals surface area contributed by atoms with Gasteiger partial charge in [-0.25, -0.2) is 9.89 Å². The Bertz CT molecular complexity index is 523. The molecule has 0 saturated heterocycles. The maximum absolute atomic E-state index is 12.3. The molecule has 1 aromatic heterocycles. The summed E-state index contributed by atoms with van der Waals surface area (Å²) in [6.07, 6.45) is 2.04. The van der Waals surface area contributed by atoms with Crippen molar-refractivity contribution in [3.05, 3.63) is 10.5 Å². The largest absolute Gasteiger partial charge is 0.344 e. The number of rotatable bonds is 6. The molecule has 7 heteroatoms. The molecule has 6 nitrogen and oxygen atoms in total. The molecule has 20 heavy (non-hydrogen) atoms. The lowest BCUT2D eigenvalue weighted by Crippen LogP contribution is -2.43. The van der Waals surface area contributed by atoms with Crippen molar-refractivity contribution in [2.45, 2.75) is 63.8 Å². The van der Waals surface area contributed by atoms with E-state index in [1.165, 1.54) is 11.8 Å². The van der Waals surface area contributed by atoms with Crippen LogP contribution in [0.5, 0.6) is 0 Å². The molecule has 1 aliphatic rings. The van der Waals surface area contributed by atoms with Crippen molar-refractivity contribution >= 4 is 17.7 Å². The Kier molecular flexibility index (Phi) is 4.57. The van der Waals surface area contributed by atoms with Crippen LogP contribution in [0, 0.1) is 0 Å². The molecule has 0 radical (unpaired) electrons. The summed E-state index contributed by atoms with van der Waals surface area (Å²) < 4.78 is 1.67. The molecule has 1 heterocycles. The Morgan fingerprint density at radius 1 is 1.40 bits per heavy atom. The molecule has 2 rings (SSSR count). The van der Waals surface area contributed by atoms with E-state index in [4.69, 9.17) is 0 Å². The van der Waals surface area contributed by atoms with Crippen LogP contribution in [0.2, 0.25) is 0 Å². The smallest absolute Gasteiger partial charge is 0.337 e. The SMILES string of the molecule is CC(C)N(C(=O)CSc1n[nH]c(=O)n1C1CC1)C(C)C. The zero-order chi connectivity index (χ0) is 14.9. The number of aromatic amines is 1. The summed E-state index contributed by atoms with van der Waals surface area (Å²) in [4.78, 5) is 25.8. The van der Waals surface area contributed by atoms with Crippen molar-refractivity contribution in [3.63, 3.8) is 0 Å². The maximum atomic E-state index is 12.3. The molecule has 0 aliphatic heterocycles. The van der Waals surface area contributed by atoms with E-state index in [0.29, 0.717) is 10.9 Å². The van der Waals surface area contributed by atoms with Crippen LogP contribution in [0.25, 0.3) is 0 Å². The molecule has 1 aromatic rings. The molecule has 1 saturated carbocycles. The molecule has 1 N–H and O–H groups in total. The van der Waals surface area contributed by atoms with E-state index in [1.54, 1.807) is 4.57 Å². The van der Waals surface area contributed by atoms with E-state index < -0.39 is 0 Å². The molecule has 1 aliphatic carbocycles. The Morgan fingerprint density at radius 3 is 2.50 bits per heavy atom. The quantitative estimate of drug-likeness (QED) is 0.811. The molecule has 0 bridgehead atoms. The standard InChI is InChI=1S/C13H22N4O2S/c1-8(2)16(9(3)4)11(18)7-20-13-15-14-12(19)17(13)10-5-6-10/h8-10H,5-7H2,1-4H3,(H,14,19). The van der Waals surface area contributed by atoms with Crippen LogP contribution >= 0.6 is 11.8 Å². The predicted octanol–water partition coefficient (Wildman–Crippen LogP) is 1.64. The number of aromatic nitrogens is 3. The second kappa shape index (κ2) is 6.03. The molecule has 0 aromatic carbocycles. The minimum absolute atomic E-state index is 0.0813. The minimum atomic E-state index is -0.174. The third-order valence-corrected chi connectivity index (χ3v) is 4.25. The summed E-state index contributed by atoms with van der Waals surface area (Å²) in [5.41, 5.74) is -0.174. The first-order valence-electron chi connectivity index (χ1n) is 7.02. The second-order valence-electron chi connectivity index (χ2n) is 5.69. The van der Waals surface area contributed by atoms with Gasteiger partial charge in [-0.1, -0.05) is 11.8 Å². The van der Waals surface area contributed by atoms with Crippen LogP contribution in [0.4, 0.5) is 0 Å². The Labute approximate surface area is 122 Å². The van der Waals surface area contributed by atoms with Gasteiger partial charge < -0.3 is 4.90 Å². The van der Waals surface area contributed by atoms with Crippen LogP contribution in [0.3, 0.4) is 0 Å². The van der Waals surface area contributed by atoms with Gasteiger partial charge in [-0.05, 0) is 40.5 Å². The second-order valence-corrected chi connectivity index (χ2v) is 6.63. The van der Waals surface area contributed by atoms with Gasteiger partial charge in [0.05, 0.1) is 5.75 Å². The molecule has 112 valence electrons. The molecule has 1 fully saturated rings. The van der Waals surface area contributed by atoms with Crippen molar-refractivity contribution in [2.75, 3.05) is 5.75 Å².